The number of fused-ring (bicyclic) bond motifs is 1. The summed E-state index contributed by atoms with van der Waals surface area (Å²) in [5.74, 6) is -1.78. The maximum atomic E-state index is 13.1. The smallest absolute Gasteiger partial charge is 0.255 e. The van der Waals surface area contributed by atoms with Crippen molar-refractivity contribution < 1.29 is 28.7 Å². The first-order valence-electron chi connectivity index (χ1n) is 11.3. The van der Waals surface area contributed by atoms with Crippen LogP contribution in [0.5, 0.6) is 11.5 Å². The molecule has 0 saturated carbocycles. The van der Waals surface area contributed by atoms with Gasteiger partial charge in [0.05, 0.1) is 37.4 Å². The van der Waals surface area contributed by atoms with Gasteiger partial charge in [0.15, 0.2) is 0 Å². The fourth-order valence-electron chi connectivity index (χ4n) is 4.44. The van der Waals surface area contributed by atoms with Gasteiger partial charge in [0.1, 0.15) is 17.5 Å². The van der Waals surface area contributed by atoms with Crippen LogP contribution in [0.15, 0.2) is 54.6 Å². The molecule has 0 spiro atoms. The van der Waals surface area contributed by atoms with Gasteiger partial charge in [0, 0.05) is 17.7 Å². The van der Waals surface area contributed by atoms with Crippen LogP contribution in [0.3, 0.4) is 0 Å². The first kappa shape index (κ1) is 24.0. The van der Waals surface area contributed by atoms with E-state index in [1.807, 2.05) is 18.2 Å². The van der Waals surface area contributed by atoms with Crippen molar-refractivity contribution in [3.05, 3.63) is 60.2 Å². The molecule has 35 heavy (non-hydrogen) atoms. The molecule has 1 heterocycles. The third kappa shape index (κ3) is 4.62. The monoisotopic (exact) mass is 477 g/mol. The number of nitrogens with zero attached hydrogens (tertiary/aromatic N) is 1. The fourth-order valence-corrected chi connectivity index (χ4v) is 4.44. The molecule has 4 amide bonds. The Bertz CT molecular complexity index is 1170. The maximum Gasteiger partial charge on any atom is 0.255 e. The van der Waals surface area contributed by atoms with Crippen molar-refractivity contribution in [2.45, 2.75) is 25.8 Å². The van der Waals surface area contributed by atoms with Gasteiger partial charge in [-0.25, -0.2) is 0 Å². The van der Waals surface area contributed by atoms with Crippen molar-refractivity contribution in [1.82, 2.24) is 4.90 Å². The molecule has 9 heteroatoms. The number of nitrogens with one attached hydrogen (secondary N) is 2. The van der Waals surface area contributed by atoms with Gasteiger partial charge in [-0.2, -0.15) is 0 Å². The molecule has 9 nitrogen and oxygen atoms in total. The van der Waals surface area contributed by atoms with Crippen molar-refractivity contribution in [2.24, 2.45) is 11.8 Å². The van der Waals surface area contributed by atoms with Gasteiger partial charge in [-0.05, 0) is 31.9 Å². The molecular formula is C26H27N3O6. The molecule has 0 bridgehead atoms. The normalized spacial score (nSPS) is 19.7. The van der Waals surface area contributed by atoms with Gasteiger partial charge >= 0.3 is 0 Å². The van der Waals surface area contributed by atoms with Crippen molar-refractivity contribution in [1.29, 1.82) is 0 Å². The lowest BCUT2D eigenvalue weighted by atomic mass is 9.85. The molecule has 2 aliphatic rings. The molecule has 2 aromatic rings. The molecule has 1 fully saturated rings. The zero-order valence-corrected chi connectivity index (χ0v) is 19.7. The number of anilines is 2. The van der Waals surface area contributed by atoms with Gasteiger partial charge in [-0.1, -0.05) is 30.4 Å². The van der Waals surface area contributed by atoms with Crippen LogP contribution < -0.4 is 20.1 Å². The number of rotatable bonds is 7. The van der Waals surface area contributed by atoms with E-state index in [0.717, 1.165) is 4.90 Å². The molecule has 0 aromatic heterocycles. The summed E-state index contributed by atoms with van der Waals surface area (Å²) in [4.78, 5) is 52.4. The number of amides is 4. The van der Waals surface area contributed by atoms with E-state index in [1.54, 1.807) is 24.3 Å². The van der Waals surface area contributed by atoms with E-state index in [4.69, 9.17) is 9.47 Å². The lowest BCUT2D eigenvalue weighted by Crippen LogP contribution is -2.46. The van der Waals surface area contributed by atoms with Gasteiger partial charge in [-0.15, -0.1) is 0 Å². The minimum Gasteiger partial charge on any atom is -0.494 e. The van der Waals surface area contributed by atoms with E-state index in [-0.39, 0.29) is 29.2 Å². The van der Waals surface area contributed by atoms with Crippen LogP contribution in [0.2, 0.25) is 0 Å². The Morgan fingerprint density at radius 1 is 0.886 bits per heavy atom. The Balaban J connectivity index is 1.53. The number of hydrogen-bond acceptors (Lipinski definition) is 6. The molecule has 1 aliphatic heterocycles. The first-order valence-corrected chi connectivity index (χ1v) is 11.3. The van der Waals surface area contributed by atoms with E-state index >= 15 is 0 Å². The third-order valence-corrected chi connectivity index (χ3v) is 6.37. The lowest BCUT2D eigenvalue weighted by Gasteiger charge is -2.23. The van der Waals surface area contributed by atoms with E-state index in [0.29, 0.717) is 29.8 Å². The van der Waals surface area contributed by atoms with E-state index in [1.165, 1.54) is 33.3 Å². The fraction of sp³-hybridized carbons (Fsp3) is 0.308. The molecule has 2 N–H and O–H groups in total. The Labute approximate surface area is 203 Å². The summed E-state index contributed by atoms with van der Waals surface area (Å²) in [6.07, 6.45) is 4.80. The second kappa shape index (κ2) is 10.0. The molecule has 4 rings (SSSR count). The molecule has 2 aromatic carbocycles. The zero-order valence-electron chi connectivity index (χ0n) is 19.7. The average Bonchev–Trinajstić information content (AvgIpc) is 3.14. The van der Waals surface area contributed by atoms with Crippen LogP contribution in [0.4, 0.5) is 11.4 Å². The Hall–Kier alpha value is -4.14. The molecule has 0 radical (unpaired) electrons. The molecule has 3 atom stereocenters. The van der Waals surface area contributed by atoms with Crippen molar-refractivity contribution in [3.8, 4) is 11.5 Å². The van der Waals surface area contributed by atoms with Crippen LogP contribution in [0.1, 0.15) is 30.1 Å². The number of methoxy groups -OCH3 is 2. The second-order valence-corrected chi connectivity index (χ2v) is 8.44. The van der Waals surface area contributed by atoms with Crippen LogP contribution in [-0.4, -0.2) is 48.8 Å². The first-order chi connectivity index (χ1) is 16.8. The van der Waals surface area contributed by atoms with Crippen LogP contribution in [-0.2, 0) is 14.4 Å². The lowest BCUT2D eigenvalue weighted by molar-refractivity contribution is -0.146. The SMILES string of the molecule is COc1cc(NC(=O)[C@H](C)N2C(=O)[C@H]3CC=CC[C@@H]3C2=O)c(OC)cc1NC(=O)c1ccccc1. The summed E-state index contributed by atoms with van der Waals surface area (Å²) in [5, 5.41) is 5.51. The summed E-state index contributed by atoms with van der Waals surface area (Å²) in [5.41, 5.74) is 1.10. The number of benzene rings is 2. The molecule has 0 unspecified atom stereocenters. The van der Waals surface area contributed by atoms with Gasteiger partial charge in [-0.3, -0.25) is 24.1 Å². The van der Waals surface area contributed by atoms with Gasteiger partial charge in [0.2, 0.25) is 17.7 Å². The van der Waals surface area contributed by atoms with E-state index in [2.05, 4.69) is 10.6 Å². The van der Waals surface area contributed by atoms with E-state index < -0.39 is 23.8 Å². The van der Waals surface area contributed by atoms with Gasteiger partial charge < -0.3 is 20.1 Å². The quantitative estimate of drug-likeness (QED) is 0.468. The highest BCUT2D eigenvalue weighted by molar-refractivity contribution is 6.10. The number of ether oxygens (including phenoxy) is 2. The molecule has 182 valence electrons. The number of allylic oxidation sites excluding steroid dienone is 2. The highest BCUT2D eigenvalue weighted by atomic mass is 16.5. The summed E-state index contributed by atoms with van der Waals surface area (Å²) < 4.78 is 10.8. The van der Waals surface area contributed by atoms with Crippen LogP contribution >= 0.6 is 0 Å². The number of likely N-dealkylation sites (tertiary alicyclic amines) is 1. The summed E-state index contributed by atoms with van der Waals surface area (Å²) in [6, 6.07) is 10.7. The average molecular weight is 478 g/mol. The Morgan fingerprint density at radius 2 is 1.40 bits per heavy atom. The van der Waals surface area contributed by atoms with Gasteiger partial charge in [0.25, 0.3) is 5.91 Å². The molecule has 1 saturated heterocycles. The molecule has 1 aliphatic carbocycles. The summed E-state index contributed by atoms with van der Waals surface area (Å²) in [6.45, 7) is 1.52. The van der Waals surface area contributed by atoms with Crippen molar-refractivity contribution in [2.75, 3.05) is 24.9 Å². The minimum absolute atomic E-state index is 0.270. The number of imide groups is 1. The summed E-state index contributed by atoms with van der Waals surface area (Å²) >= 11 is 0. The standard InChI is InChI=1S/C26H27N3O6/c1-15(29-25(32)17-11-7-8-12-18(17)26(29)33)23(30)27-19-13-22(35-3)20(14-21(19)34-2)28-24(31)16-9-5-4-6-10-16/h4-10,13-15,17-18H,11-12H2,1-3H3,(H,27,30)(H,28,31)/t15-,17-,18-/m0/s1. The van der Waals surface area contributed by atoms with E-state index in [9.17, 15) is 19.2 Å². The van der Waals surface area contributed by atoms with Crippen molar-refractivity contribution in [3.63, 3.8) is 0 Å². The number of carbonyl (C=O) groups excluding carboxylic acids is 4. The maximum absolute atomic E-state index is 13.1. The molecular weight excluding hydrogens is 450 g/mol. The largest absolute Gasteiger partial charge is 0.494 e. The third-order valence-electron chi connectivity index (χ3n) is 6.37. The van der Waals surface area contributed by atoms with Crippen LogP contribution in [0, 0.1) is 11.8 Å². The highest BCUT2D eigenvalue weighted by Crippen LogP contribution is 2.38. The predicted molar refractivity (Wildman–Crippen MR) is 129 cm³/mol. The Morgan fingerprint density at radius 3 is 1.91 bits per heavy atom. The topological polar surface area (TPSA) is 114 Å². The highest BCUT2D eigenvalue weighted by Gasteiger charge is 2.50. The minimum atomic E-state index is -1.01. The zero-order chi connectivity index (χ0) is 25.1. The number of hydrogen-bond donors (Lipinski definition) is 2. The van der Waals surface area contributed by atoms with Crippen molar-refractivity contribution >= 4 is 35.0 Å². The predicted octanol–water partition coefficient (Wildman–Crippen LogP) is 3.23. The Kier molecular flexibility index (Phi) is 6.86. The number of carbonyl (C=O) groups is 4. The second-order valence-electron chi connectivity index (χ2n) is 8.44. The summed E-state index contributed by atoms with van der Waals surface area (Å²) in [7, 11) is 2.86. The van der Waals surface area contributed by atoms with Crippen LogP contribution in [0.25, 0.3) is 0 Å².